The monoisotopic (exact) mass is 475 g/mol. The summed E-state index contributed by atoms with van der Waals surface area (Å²) in [5.41, 5.74) is 0.0455. The van der Waals surface area contributed by atoms with Crippen LogP contribution >= 0.6 is 0 Å². The summed E-state index contributed by atoms with van der Waals surface area (Å²) in [4.78, 5) is 15.7. The molecule has 1 aliphatic rings. The van der Waals surface area contributed by atoms with Gasteiger partial charge < -0.3 is 9.32 Å². The van der Waals surface area contributed by atoms with Crippen molar-refractivity contribution in [2.45, 2.75) is 45.8 Å². The summed E-state index contributed by atoms with van der Waals surface area (Å²) >= 11 is 0. The van der Waals surface area contributed by atoms with E-state index >= 15 is 0 Å². The number of benzene rings is 1. The number of rotatable bonds is 6. The molecule has 0 saturated carbocycles. The van der Waals surface area contributed by atoms with Crippen LogP contribution in [0.15, 0.2) is 28.7 Å². The summed E-state index contributed by atoms with van der Waals surface area (Å²) in [5, 5.41) is 19.5. The Morgan fingerprint density at radius 3 is 2.56 bits per heavy atom. The van der Waals surface area contributed by atoms with Crippen molar-refractivity contribution in [2.75, 3.05) is 13.1 Å². The van der Waals surface area contributed by atoms with Crippen LogP contribution < -0.4 is 0 Å². The number of alkyl halides is 3. The van der Waals surface area contributed by atoms with Gasteiger partial charge in [0.1, 0.15) is 0 Å². The van der Waals surface area contributed by atoms with Crippen LogP contribution in [0.25, 0.3) is 6.08 Å². The number of piperidine rings is 1. The Hall–Kier alpha value is -3.57. The Morgan fingerprint density at radius 1 is 1.18 bits per heavy atom. The number of halogens is 3. The van der Waals surface area contributed by atoms with Gasteiger partial charge in [-0.05, 0) is 60.2 Å². The lowest BCUT2D eigenvalue weighted by atomic mass is 9.93. The minimum absolute atomic E-state index is 0.000829. The highest BCUT2D eigenvalue weighted by atomic mass is 19.4. The fourth-order valence-electron chi connectivity index (χ4n) is 3.92. The SMILES string of the molecule is Cc1nnn(Cc2cc(C(F)(F)F)ccc2C=CC(=O)N2CCC(Cc3nnc(C)o3)CC2)n1. The molecule has 0 spiro atoms. The minimum Gasteiger partial charge on any atom is -0.426 e. The first-order valence-electron chi connectivity index (χ1n) is 10.9. The number of carbonyl (C=O) groups excluding carboxylic acids is 1. The second kappa shape index (κ2) is 9.74. The van der Waals surface area contributed by atoms with Crippen molar-refractivity contribution in [3.63, 3.8) is 0 Å². The van der Waals surface area contributed by atoms with Gasteiger partial charge in [0, 0.05) is 32.5 Å². The summed E-state index contributed by atoms with van der Waals surface area (Å²) in [5.74, 6) is 1.72. The van der Waals surface area contributed by atoms with Crippen LogP contribution in [0.3, 0.4) is 0 Å². The van der Waals surface area contributed by atoms with E-state index in [1.54, 1.807) is 18.7 Å². The molecule has 4 rings (SSSR count). The lowest BCUT2D eigenvalue weighted by molar-refractivity contribution is -0.137. The van der Waals surface area contributed by atoms with Crippen molar-refractivity contribution in [3.05, 3.63) is 58.6 Å². The molecular weight excluding hydrogens is 451 g/mol. The van der Waals surface area contributed by atoms with Crippen molar-refractivity contribution in [2.24, 2.45) is 5.92 Å². The molecule has 3 aromatic rings. The molecule has 3 heterocycles. The molecule has 0 N–H and O–H groups in total. The van der Waals surface area contributed by atoms with Crippen LogP contribution in [0.1, 0.15) is 47.1 Å². The Labute approximate surface area is 193 Å². The number of hydrogen-bond donors (Lipinski definition) is 0. The van der Waals surface area contributed by atoms with Gasteiger partial charge in [-0.1, -0.05) is 6.07 Å². The Morgan fingerprint density at radius 2 is 1.94 bits per heavy atom. The van der Waals surface area contributed by atoms with E-state index in [9.17, 15) is 18.0 Å². The Balaban J connectivity index is 1.42. The Kier molecular flexibility index (Phi) is 6.75. The van der Waals surface area contributed by atoms with E-state index < -0.39 is 11.7 Å². The van der Waals surface area contributed by atoms with E-state index in [0.29, 0.717) is 54.2 Å². The molecule has 0 aliphatic carbocycles. The van der Waals surface area contributed by atoms with Gasteiger partial charge in [0.05, 0.1) is 12.1 Å². The maximum absolute atomic E-state index is 13.2. The molecule has 1 aromatic carbocycles. The van der Waals surface area contributed by atoms with Crippen LogP contribution in [-0.2, 0) is 23.9 Å². The van der Waals surface area contributed by atoms with E-state index in [2.05, 4.69) is 25.6 Å². The van der Waals surface area contributed by atoms with E-state index in [4.69, 9.17) is 4.42 Å². The second-order valence-electron chi connectivity index (χ2n) is 8.30. The first-order valence-corrected chi connectivity index (χ1v) is 10.9. The summed E-state index contributed by atoms with van der Waals surface area (Å²) in [6.45, 7) is 4.56. The van der Waals surface area contributed by atoms with Gasteiger partial charge in [-0.2, -0.15) is 18.0 Å². The van der Waals surface area contributed by atoms with Gasteiger partial charge in [-0.3, -0.25) is 4.79 Å². The smallest absolute Gasteiger partial charge is 0.416 e. The van der Waals surface area contributed by atoms with Crippen LogP contribution in [-0.4, -0.2) is 54.3 Å². The van der Waals surface area contributed by atoms with E-state index in [1.165, 1.54) is 23.0 Å². The van der Waals surface area contributed by atoms with Crippen LogP contribution in [0, 0.1) is 19.8 Å². The van der Waals surface area contributed by atoms with E-state index in [-0.39, 0.29) is 12.5 Å². The zero-order valence-corrected chi connectivity index (χ0v) is 18.8. The van der Waals surface area contributed by atoms with Gasteiger partial charge in [-0.15, -0.1) is 20.4 Å². The molecule has 1 fully saturated rings. The number of aromatic nitrogens is 6. The molecule has 0 atom stereocenters. The normalized spacial score (nSPS) is 15.4. The van der Waals surface area contributed by atoms with Crippen molar-refractivity contribution in [3.8, 4) is 0 Å². The summed E-state index contributed by atoms with van der Waals surface area (Å²) in [7, 11) is 0. The molecular formula is C22H24F3N7O2. The minimum atomic E-state index is -4.48. The Bertz CT molecular complexity index is 1180. The third kappa shape index (κ3) is 5.86. The molecule has 1 saturated heterocycles. The fraction of sp³-hybridized carbons (Fsp3) is 0.455. The maximum atomic E-state index is 13.2. The number of carbonyl (C=O) groups is 1. The molecule has 34 heavy (non-hydrogen) atoms. The lowest BCUT2D eigenvalue weighted by Gasteiger charge is -2.30. The molecule has 180 valence electrons. The number of hydrogen-bond acceptors (Lipinski definition) is 7. The van der Waals surface area contributed by atoms with Gasteiger partial charge in [0.25, 0.3) is 0 Å². The molecule has 1 aliphatic heterocycles. The predicted octanol–water partition coefficient (Wildman–Crippen LogP) is 3.23. The van der Waals surface area contributed by atoms with Gasteiger partial charge >= 0.3 is 6.18 Å². The van der Waals surface area contributed by atoms with E-state index in [0.717, 1.165) is 25.0 Å². The predicted molar refractivity (Wildman–Crippen MR) is 114 cm³/mol. The third-order valence-electron chi connectivity index (χ3n) is 5.70. The van der Waals surface area contributed by atoms with Gasteiger partial charge in [-0.25, -0.2) is 0 Å². The highest BCUT2D eigenvalue weighted by Crippen LogP contribution is 2.31. The summed E-state index contributed by atoms with van der Waals surface area (Å²) in [6.07, 6.45) is 0.753. The highest BCUT2D eigenvalue weighted by Gasteiger charge is 2.31. The standard InChI is InChI=1S/C22H24F3N7O2/c1-14-26-30-32(29-14)13-18-12-19(22(23,24)25)5-3-17(18)4-6-21(33)31-9-7-16(8-10-31)11-20-28-27-15(2)34-20/h3-6,12,16H,7-11,13H2,1-2H3. The van der Waals surface area contributed by atoms with Crippen molar-refractivity contribution < 1.29 is 22.4 Å². The van der Waals surface area contributed by atoms with Crippen molar-refractivity contribution in [1.29, 1.82) is 0 Å². The topological polar surface area (TPSA) is 103 Å². The lowest BCUT2D eigenvalue weighted by Crippen LogP contribution is -2.38. The first kappa shape index (κ1) is 23.6. The zero-order chi connectivity index (χ0) is 24.3. The number of tetrazole rings is 1. The van der Waals surface area contributed by atoms with Crippen molar-refractivity contribution in [1.82, 2.24) is 35.3 Å². The summed E-state index contributed by atoms with van der Waals surface area (Å²) in [6, 6.07) is 3.40. The third-order valence-corrected chi connectivity index (χ3v) is 5.70. The molecule has 0 bridgehead atoms. The molecule has 9 nitrogen and oxygen atoms in total. The summed E-state index contributed by atoms with van der Waals surface area (Å²) < 4.78 is 45.1. The molecule has 1 amide bonds. The molecule has 12 heteroatoms. The fourth-order valence-corrected chi connectivity index (χ4v) is 3.92. The number of aryl methyl sites for hydroxylation is 2. The molecule has 0 radical (unpaired) electrons. The first-order chi connectivity index (χ1) is 16.2. The quantitative estimate of drug-likeness (QED) is 0.504. The largest absolute Gasteiger partial charge is 0.426 e. The number of nitrogens with zero attached hydrogens (tertiary/aromatic N) is 7. The highest BCUT2D eigenvalue weighted by molar-refractivity contribution is 5.92. The van der Waals surface area contributed by atoms with Crippen LogP contribution in [0.5, 0.6) is 0 Å². The van der Waals surface area contributed by atoms with Gasteiger partial charge in [0.15, 0.2) is 5.82 Å². The van der Waals surface area contributed by atoms with Gasteiger partial charge in [0.2, 0.25) is 17.7 Å². The average molecular weight is 475 g/mol. The number of likely N-dealkylation sites (tertiary alicyclic amines) is 1. The van der Waals surface area contributed by atoms with Crippen LogP contribution in [0.4, 0.5) is 13.2 Å². The zero-order valence-electron chi connectivity index (χ0n) is 18.8. The van der Waals surface area contributed by atoms with E-state index in [1.807, 2.05) is 0 Å². The number of amides is 1. The second-order valence-corrected chi connectivity index (χ2v) is 8.30. The van der Waals surface area contributed by atoms with Crippen LogP contribution in [0.2, 0.25) is 0 Å². The molecule has 2 aromatic heterocycles. The average Bonchev–Trinajstić information content (AvgIpc) is 3.39. The van der Waals surface area contributed by atoms with Crippen molar-refractivity contribution >= 4 is 12.0 Å². The molecule has 0 unspecified atom stereocenters. The maximum Gasteiger partial charge on any atom is 0.416 e.